The highest BCUT2D eigenvalue weighted by atomic mass is 16.6. The summed E-state index contributed by atoms with van der Waals surface area (Å²) in [5.74, 6) is -2.68. The average Bonchev–Trinajstić information content (AvgIpc) is 3.13. The van der Waals surface area contributed by atoms with Gasteiger partial charge in [0, 0.05) is 18.4 Å². The number of rotatable bonds is 7. The van der Waals surface area contributed by atoms with Crippen LogP contribution in [0, 0.1) is 29.1 Å². The van der Waals surface area contributed by atoms with Gasteiger partial charge in [0.25, 0.3) is 0 Å². The van der Waals surface area contributed by atoms with E-state index in [1.54, 1.807) is 32.9 Å². The maximum absolute atomic E-state index is 12.9. The standard InChI is InChI=1S/C27H36N2O6/c1-27(2,3)35-26(32)29-20(14-17-8-6-5-7-9-17)22-21(34-25(31)23(22)24(30)33-4)15-18-10-12-19(16-28)13-11-18/h10-13,17,20-23H,5-9,14-15H2,1-4H3,(H,29,32)/t20-,21-,22?,23?/m0/s1. The van der Waals surface area contributed by atoms with E-state index in [-0.39, 0.29) is 0 Å². The summed E-state index contributed by atoms with van der Waals surface area (Å²) in [5.41, 5.74) is 0.708. The van der Waals surface area contributed by atoms with Crippen LogP contribution in [0.5, 0.6) is 0 Å². The van der Waals surface area contributed by atoms with Crippen molar-refractivity contribution in [3.8, 4) is 6.07 Å². The van der Waals surface area contributed by atoms with Crippen molar-refractivity contribution < 1.29 is 28.6 Å². The molecule has 2 aliphatic rings. The number of nitrogens with one attached hydrogen (secondary N) is 1. The number of cyclic esters (lactones) is 1. The summed E-state index contributed by atoms with van der Waals surface area (Å²) in [6.07, 6.45) is 5.27. The zero-order chi connectivity index (χ0) is 25.6. The molecule has 1 saturated heterocycles. The number of carbonyl (C=O) groups excluding carboxylic acids is 3. The van der Waals surface area contributed by atoms with Crippen molar-refractivity contribution >= 4 is 18.0 Å². The molecule has 2 fully saturated rings. The second-order valence-corrected chi connectivity index (χ2v) is 10.6. The molecule has 4 atom stereocenters. The third-order valence-electron chi connectivity index (χ3n) is 6.79. The molecule has 1 amide bonds. The summed E-state index contributed by atoms with van der Waals surface area (Å²) < 4.78 is 16.2. The number of amides is 1. The van der Waals surface area contributed by atoms with Crippen LogP contribution in [0.4, 0.5) is 4.79 Å². The maximum atomic E-state index is 12.9. The molecule has 0 radical (unpaired) electrons. The van der Waals surface area contributed by atoms with E-state index in [0.29, 0.717) is 24.3 Å². The first-order valence-corrected chi connectivity index (χ1v) is 12.4. The number of hydrogen-bond acceptors (Lipinski definition) is 7. The molecule has 1 heterocycles. The lowest BCUT2D eigenvalue weighted by Crippen LogP contribution is -2.50. The number of alkyl carbamates (subject to hydrolysis) is 1. The Labute approximate surface area is 207 Å². The van der Waals surface area contributed by atoms with Gasteiger partial charge in [0.15, 0.2) is 5.92 Å². The maximum Gasteiger partial charge on any atom is 0.407 e. The molecule has 0 spiro atoms. The Kier molecular flexibility index (Phi) is 8.76. The molecule has 8 heteroatoms. The summed E-state index contributed by atoms with van der Waals surface area (Å²) in [7, 11) is 1.25. The molecule has 1 N–H and O–H groups in total. The second kappa shape index (κ2) is 11.6. The molecule has 1 aliphatic heterocycles. The molecule has 1 aromatic carbocycles. The Bertz CT molecular complexity index is 940. The van der Waals surface area contributed by atoms with E-state index in [1.165, 1.54) is 13.5 Å². The lowest BCUT2D eigenvalue weighted by Gasteiger charge is -2.34. The van der Waals surface area contributed by atoms with Crippen LogP contribution < -0.4 is 5.32 Å². The van der Waals surface area contributed by atoms with E-state index in [1.807, 2.05) is 12.1 Å². The number of benzene rings is 1. The van der Waals surface area contributed by atoms with Gasteiger partial charge in [-0.1, -0.05) is 44.2 Å². The Morgan fingerprint density at radius 2 is 1.83 bits per heavy atom. The SMILES string of the molecule is COC(=O)C1C(=O)O[C@@H](Cc2ccc(C#N)cc2)C1[C@H](CC1CCCCC1)NC(=O)OC(C)(C)C. The fourth-order valence-corrected chi connectivity index (χ4v) is 5.22. The van der Waals surface area contributed by atoms with Gasteiger partial charge >= 0.3 is 18.0 Å². The highest BCUT2D eigenvalue weighted by Crippen LogP contribution is 2.38. The zero-order valence-electron chi connectivity index (χ0n) is 21.0. The van der Waals surface area contributed by atoms with Crippen molar-refractivity contribution in [1.29, 1.82) is 5.26 Å². The predicted octanol–water partition coefficient (Wildman–Crippen LogP) is 4.30. The molecule has 1 aliphatic carbocycles. The van der Waals surface area contributed by atoms with Gasteiger partial charge in [-0.25, -0.2) is 4.79 Å². The fourth-order valence-electron chi connectivity index (χ4n) is 5.22. The van der Waals surface area contributed by atoms with Crippen molar-refractivity contribution in [3.63, 3.8) is 0 Å². The highest BCUT2D eigenvalue weighted by molar-refractivity contribution is 5.97. The van der Waals surface area contributed by atoms with Gasteiger partial charge in [0.2, 0.25) is 0 Å². The number of ether oxygens (including phenoxy) is 3. The highest BCUT2D eigenvalue weighted by Gasteiger charge is 2.53. The normalized spacial score (nSPS) is 23.6. The number of methoxy groups -OCH3 is 1. The van der Waals surface area contributed by atoms with E-state index >= 15 is 0 Å². The lowest BCUT2D eigenvalue weighted by molar-refractivity contribution is -0.155. The minimum Gasteiger partial charge on any atom is -0.468 e. The molecule has 2 unspecified atom stereocenters. The molecular formula is C27H36N2O6. The van der Waals surface area contributed by atoms with Gasteiger partial charge in [-0.15, -0.1) is 0 Å². The van der Waals surface area contributed by atoms with Crippen molar-refractivity contribution in [3.05, 3.63) is 35.4 Å². The van der Waals surface area contributed by atoms with Crippen LogP contribution in [0.25, 0.3) is 0 Å². The van der Waals surface area contributed by atoms with E-state index in [9.17, 15) is 14.4 Å². The number of esters is 2. The van der Waals surface area contributed by atoms with Crippen molar-refractivity contribution in [2.75, 3.05) is 7.11 Å². The number of nitriles is 1. The largest absolute Gasteiger partial charge is 0.468 e. The van der Waals surface area contributed by atoms with Crippen molar-refractivity contribution in [2.45, 2.75) is 83.5 Å². The van der Waals surface area contributed by atoms with Crippen LogP contribution in [-0.4, -0.2) is 42.9 Å². The summed E-state index contributed by atoms with van der Waals surface area (Å²) in [6.45, 7) is 5.36. The predicted molar refractivity (Wildman–Crippen MR) is 128 cm³/mol. The van der Waals surface area contributed by atoms with Crippen LogP contribution in [0.2, 0.25) is 0 Å². The first kappa shape index (κ1) is 26.5. The second-order valence-electron chi connectivity index (χ2n) is 10.6. The van der Waals surface area contributed by atoms with E-state index in [4.69, 9.17) is 19.5 Å². The van der Waals surface area contributed by atoms with Crippen LogP contribution in [-0.2, 0) is 30.2 Å². The molecule has 3 rings (SSSR count). The van der Waals surface area contributed by atoms with Crippen LogP contribution >= 0.6 is 0 Å². The van der Waals surface area contributed by atoms with Gasteiger partial charge in [0.05, 0.1) is 18.7 Å². The first-order valence-electron chi connectivity index (χ1n) is 12.4. The Morgan fingerprint density at radius 1 is 1.17 bits per heavy atom. The number of nitrogens with zero attached hydrogens (tertiary/aromatic N) is 1. The monoisotopic (exact) mass is 484 g/mol. The zero-order valence-corrected chi connectivity index (χ0v) is 21.0. The molecule has 35 heavy (non-hydrogen) atoms. The van der Waals surface area contributed by atoms with Gasteiger partial charge in [0.1, 0.15) is 11.7 Å². The third-order valence-corrected chi connectivity index (χ3v) is 6.79. The molecule has 0 aromatic heterocycles. The Hall–Kier alpha value is -3.08. The third kappa shape index (κ3) is 7.20. The van der Waals surface area contributed by atoms with E-state index in [0.717, 1.165) is 31.2 Å². The van der Waals surface area contributed by atoms with Crippen molar-refractivity contribution in [2.24, 2.45) is 17.8 Å². The first-order chi connectivity index (χ1) is 16.6. The van der Waals surface area contributed by atoms with Gasteiger partial charge in [-0.3, -0.25) is 9.59 Å². The lowest BCUT2D eigenvalue weighted by atomic mass is 9.75. The summed E-state index contributed by atoms with van der Waals surface area (Å²) in [4.78, 5) is 38.4. The minimum absolute atomic E-state index is 0.354. The smallest absolute Gasteiger partial charge is 0.407 e. The topological polar surface area (TPSA) is 115 Å². The van der Waals surface area contributed by atoms with Crippen LogP contribution in [0.1, 0.15) is 70.4 Å². The van der Waals surface area contributed by atoms with Gasteiger partial charge in [-0.05, 0) is 50.8 Å². The minimum atomic E-state index is -1.13. The molecule has 8 nitrogen and oxygen atoms in total. The molecule has 0 bridgehead atoms. The number of hydrogen-bond donors (Lipinski definition) is 1. The van der Waals surface area contributed by atoms with Crippen molar-refractivity contribution in [1.82, 2.24) is 5.32 Å². The molecule has 190 valence electrons. The van der Waals surface area contributed by atoms with E-state index < -0.39 is 47.6 Å². The van der Waals surface area contributed by atoms with Crippen LogP contribution in [0.15, 0.2) is 24.3 Å². The quantitative estimate of drug-likeness (QED) is 0.349. The molecule has 1 aromatic rings. The molecular weight excluding hydrogens is 448 g/mol. The average molecular weight is 485 g/mol. The van der Waals surface area contributed by atoms with Gasteiger partial charge < -0.3 is 19.5 Å². The van der Waals surface area contributed by atoms with Gasteiger partial charge in [-0.2, -0.15) is 5.26 Å². The summed E-state index contributed by atoms with van der Waals surface area (Å²) in [6, 6.07) is 8.62. The molecule has 1 saturated carbocycles. The Balaban J connectivity index is 1.92. The Morgan fingerprint density at radius 3 is 2.40 bits per heavy atom. The fraction of sp³-hybridized carbons (Fsp3) is 0.630. The summed E-state index contributed by atoms with van der Waals surface area (Å²) >= 11 is 0. The summed E-state index contributed by atoms with van der Waals surface area (Å²) in [5, 5.41) is 12.1. The number of carbonyl (C=O) groups is 3. The van der Waals surface area contributed by atoms with E-state index in [2.05, 4.69) is 11.4 Å². The van der Waals surface area contributed by atoms with Crippen LogP contribution in [0.3, 0.4) is 0 Å².